The van der Waals surface area contributed by atoms with Crippen LogP contribution in [0.4, 0.5) is 0 Å². The molecule has 1 saturated heterocycles. The first kappa shape index (κ1) is 16.5. The standard InChI is InChI=1S/C17H32N2/c1-6-8-9-16(14(3)7-2)19-13-15(12-18)10-11-17(19,4)5/h14-16H,6-11,13H2,1-5H3. The van der Waals surface area contributed by atoms with Crippen molar-refractivity contribution < 1.29 is 0 Å². The Hall–Kier alpha value is -0.550. The molecule has 1 aliphatic rings. The van der Waals surface area contributed by atoms with E-state index < -0.39 is 0 Å². The Morgan fingerprint density at radius 1 is 1.37 bits per heavy atom. The Balaban J connectivity index is 2.86. The molecular weight excluding hydrogens is 232 g/mol. The van der Waals surface area contributed by atoms with E-state index in [9.17, 15) is 5.26 Å². The third kappa shape index (κ3) is 4.21. The molecule has 3 atom stereocenters. The SMILES string of the molecule is CCCCC(C(C)CC)N1CC(C#N)CCC1(C)C. The summed E-state index contributed by atoms with van der Waals surface area (Å²) >= 11 is 0. The van der Waals surface area contributed by atoms with Crippen LogP contribution in [0.25, 0.3) is 0 Å². The molecule has 110 valence electrons. The molecule has 2 nitrogen and oxygen atoms in total. The van der Waals surface area contributed by atoms with Gasteiger partial charge in [-0.25, -0.2) is 0 Å². The molecule has 0 radical (unpaired) electrons. The third-order valence-corrected chi connectivity index (χ3v) is 5.04. The molecular formula is C17H32N2. The Morgan fingerprint density at radius 2 is 2.05 bits per heavy atom. The first-order chi connectivity index (χ1) is 8.96. The maximum Gasteiger partial charge on any atom is 0.0669 e. The Kier molecular flexibility index (Phi) is 6.33. The van der Waals surface area contributed by atoms with Gasteiger partial charge >= 0.3 is 0 Å². The molecule has 0 aromatic rings. The molecule has 0 amide bonds. The van der Waals surface area contributed by atoms with Crippen molar-refractivity contribution in [1.82, 2.24) is 4.90 Å². The summed E-state index contributed by atoms with van der Waals surface area (Å²) < 4.78 is 0. The van der Waals surface area contributed by atoms with Crippen molar-refractivity contribution in [2.24, 2.45) is 11.8 Å². The van der Waals surface area contributed by atoms with Gasteiger partial charge in [-0.3, -0.25) is 4.90 Å². The van der Waals surface area contributed by atoms with Crippen LogP contribution in [0.5, 0.6) is 0 Å². The number of nitrogens with zero attached hydrogens (tertiary/aromatic N) is 2. The Bertz CT molecular complexity index is 303. The number of piperidine rings is 1. The highest BCUT2D eigenvalue weighted by Crippen LogP contribution is 2.36. The van der Waals surface area contributed by atoms with Crippen molar-refractivity contribution in [1.29, 1.82) is 5.26 Å². The van der Waals surface area contributed by atoms with E-state index >= 15 is 0 Å². The molecule has 0 bridgehead atoms. The predicted molar refractivity (Wildman–Crippen MR) is 81.9 cm³/mol. The van der Waals surface area contributed by atoms with Crippen LogP contribution in [0.3, 0.4) is 0 Å². The average molecular weight is 264 g/mol. The highest BCUT2D eigenvalue weighted by molar-refractivity contribution is 4.99. The topological polar surface area (TPSA) is 27.0 Å². The van der Waals surface area contributed by atoms with E-state index in [0.29, 0.717) is 6.04 Å². The Morgan fingerprint density at radius 3 is 2.58 bits per heavy atom. The van der Waals surface area contributed by atoms with Gasteiger partial charge in [0.05, 0.1) is 12.0 Å². The van der Waals surface area contributed by atoms with Gasteiger partial charge in [-0.2, -0.15) is 5.26 Å². The minimum absolute atomic E-state index is 0.237. The molecule has 1 aliphatic heterocycles. The van der Waals surface area contributed by atoms with E-state index in [2.05, 4.69) is 45.6 Å². The van der Waals surface area contributed by atoms with Crippen molar-refractivity contribution in [3.05, 3.63) is 0 Å². The second-order valence-electron chi connectivity index (χ2n) is 6.92. The highest BCUT2D eigenvalue weighted by atomic mass is 15.2. The van der Waals surface area contributed by atoms with E-state index in [4.69, 9.17) is 0 Å². The fourth-order valence-electron chi connectivity index (χ4n) is 3.37. The van der Waals surface area contributed by atoms with Crippen molar-refractivity contribution in [2.45, 2.75) is 84.7 Å². The van der Waals surface area contributed by atoms with E-state index in [1.807, 2.05) is 0 Å². The molecule has 19 heavy (non-hydrogen) atoms. The van der Waals surface area contributed by atoms with Gasteiger partial charge in [-0.1, -0.05) is 40.0 Å². The zero-order valence-electron chi connectivity index (χ0n) is 13.6. The first-order valence-corrected chi connectivity index (χ1v) is 8.12. The number of nitriles is 1. The summed E-state index contributed by atoms with van der Waals surface area (Å²) in [5.41, 5.74) is 0.259. The molecule has 0 aromatic carbocycles. The van der Waals surface area contributed by atoms with Crippen LogP contribution >= 0.6 is 0 Å². The number of hydrogen-bond acceptors (Lipinski definition) is 2. The van der Waals surface area contributed by atoms with Gasteiger partial charge in [-0.05, 0) is 39.0 Å². The van der Waals surface area contributed by atoms with Gasteiger partial charge in [0.25, 0.3) is 0 Å². The van der Waals surface area contributed by atoms with E-state index in [-0.39, 0.29) is 11.5 Å². The lowest BCUT2D eigenvalue weighted by molar-refractivity contribution is -0.00708. The summed E-state index contributed by atoms with van der Waals surface area (Å²) in [6.45, 7) is 12.6. The summed E-state index contributed by atoms with van der Waals surface area (Å²) in [6.07, 6.45) is 7.32. The number of hydrogen-bond donors (Lipinski definition) is 0. The minimum atomic E-state index is 0.237. The van der Waals surface area contributed by atoms with Crippen molar-refractivity contribution in [3.8, 4) is 6.07 Å². The molecule has 0 saturated carbocycles. The van der Waals surface area contributed by atoms with Crippen LogP contribution < -0.4 is 0 Å². The lowest BCUT2D eigenvalue weighted by Gasteiger charge is -2.50. The van der Waals surface area contributed by atoms with Crippen LogP contribution in [-0.2, 0) is 0 Å². The van der Waals surface area contributed by atoms with Gasteiger partial charge in [0.15, 0.2) is 0 Å². The second kappa shape index (κ2) is 7.29. The zero-order valence-corrected chi connectivity index (χ0v) is 13.6. The average Bonchev–Trinajstić information content (AvgIpc) is 2.40. The molecule has 0 spiro atoms. The quantitative estimate of drug-likeness (QED) is 0.700. The van der Waals surface area contributed by atoms with E-state index in [1.54, 1.807) is 0 Å². The van der Waals surface area contributed by atoms with Crippen LogP contribution in [0.2, 0.25) is 0 Å². The summed E-state index contributed by atoms with van der Waals surface area (Å²) in [5.74, 6) is 0.962. The van der Waals surface area contributed by atoms with E-state index in [1.165, 1.54) is 25.7 Å². The number of rotatable bonds is 6. The first-order valence-electron chi connectivity index (χ1n) is 8.12. The fourth-order valence-corrected chi connectivity index (χ4v) is 3.37. The maximum absolute atomic E-state index is 9.26. The molecule has 2 heteroatoms. The van der Waals surface area contributed by atoms with E-state index in [0.717, 1.165) is 25.3 Å². The molecule has 0 aliphatic carbocycles. The summed E-state index contributed by atoms with van der Waals surface area (Å²) in [6, 6.07) is 3.15. The highest BCUT2D eigenvalue weighted by Gasteiger charge is 2.39. The van der Waals surface area contributed by atoms with Gasteiger partial charge in [-0.15, -0.1) is 0 Å². The van der Waals surface area contributed by atoms with Gasteiger partial charge in [0.2, 0.25) is 0 Å². The fraction of sp³-hybridized carbons (Fsp3) is 0.941. The molecule has 0 N–H and O–H groups in total. The second-order valence-corrected chi connectivity index (χ2v) is 6.92. The lowest BCUT2D eigenvalue weighted by atomic mass is 9.80. The smallest absolute Gasteiger partial charge is 0.0669 e. The lowest BCUT2D eigenvalue weighted by Crippen LogP contribution is -2.56. The van der Waals surface area contributed by atoms with Gasteiger partial charge < -0.3 is 0 Å². The van der Waals surface area contributed by atoms with Gasteiger partial charge in [0.1, 0.15) is 0 Å². The zero-order chi connectivity index (χ0) is 14.5. The number of unbranched alkanes of at least 4 members (excludes halogenated alkanes) is 1. The van der Waals surface area contributed by atoms with Crippen LogP contribution in [0.1, 0.15) is 73.1 Å². The third-order valence-electron chi connectivity index (χ3n) is 5.04. The van der Waals surface area contributed by atoms with Crippen LogP contribution in [0.15, 0.2) is 0 Å². The predicted octanol–water partition coefficient (Wildman–Crippen LogP) is 4.61. The van der Waals surface area contributed by atoms with Crippen LogP contribution in [0, 0.1) is 23.2 Å². The maximum atomic E-state index is 9.26. The molecule has 0 aromatic heterocycles. The summed E-state index contributed by atoms with van der Waals surface area (Å²) in [7, 11) is 0. The molecule has 3 unspecified atom stereocenters. The van der Waals surface area contributed by atoms with Crippen molar-refractivity contribution in [3.63, 3.8) is 0 Å². The summed E-state index contributed by atoms with van der Waals surface area (Å²) in [4.78, 5) is 2.66. The van der Waals surface area contributed by atoms with Gasteiger partial charge in [0, 0.05) is 18.1 Å². The summed E-state index contributed by atoms with van der Waals surface area (Å²) in [5, 5.41) is 9.26. The minimum Gasteiger partial charge on any atom is -0.294 e. The Labute approximate surface area is 120 Å². The van der Waals surface area contributed by atoms with Crippen molar-refractivity contribution in [2.75, 3.05) is 6.54 Å². The normalized spacial score (nSPS) is 26.6. The molecule has 1 fully saturated rings. The largest absolute Gasteiger partial charge is 0.294 e. The number of likely N-dealkylation sites (tertiary alicyclic amines) is 1. The van der Waals surface area contributed by atoms with Crippen LogP contribution in [-0.4, -0.2) is 23.0 Å². The monoisotopic (exact) mass is 264 g/mol. The molecule has 1 heterocycles. The van der Waals surface area contributed by atoms with Crippen molar-refractivity contribution >= 4 is 0 Å². The molecule has 1 rings (SSSR count).